The molecule has 126 valence electrons. The Kier molecular flexibility index (Phi) is 5.71. The number of benzene rings is 2. The summed E-state index contributed by atoms with van der Waals surface area (Å²) in [6.07, 6.45) is 0. The molecule has 9 heteroatoms. The van der Waals surface area contributed by atoms with E-state index < -0.39 is 15.9 Å². The van der Waals surface area contributed by atoms with E-state index in [-0.39, 0.29) is 10.8 Å². The quantitative estimate of drug-likeness (QED) is 0.654. The van der Waals surface area contributed by atoms with Crippen molar-refractivity contribution in [2.45, 2.75) is 11.8 Å². The Hall–Kier alpha value is -2.23. The van der Waals surface area contributed by atoms with E-state index in [1.54, 1.807) is 24.3 Å². The number of amides is 2. The monoisotopic (exact) mass is 411 g/mol. The number of carbonyl (C=O) groups is 2. The molecule has 3 N–H and O–H groups in total. The number of hydrazine groups is 1. The van der Waals surface area contributed by atoms with Gasteiger partial charge in [0.2, 0.25) is 5.91 Å². The molecule has 2 amide bonds. The molecule has 7 nitrogen and oxygen atoms in total. The number of hydrogen-bond acceptors (Lipinski definition) is 4. The van der Waals surface area contributed by atoms with E-state index in [0.29, 0.717) is 15.7 Å². The number of hydrogen-bond donors (Lipinski definition) is 3. The second-order valence-electron chi connectivity index (χ2n) is 4.75. The maximum atomic E-state index is 12.2. The number of sulfonamides is 1. The molecule has 0 aliphatic carbocycles. The second-order valence-corrected chi connectivity index (χ2v) is 7.28. The van der Waals surface area contributed by atoms with Crippen LogP contribution >= 0.6 is 15.9 Å². The van der Waals surface area contributed by atoms with Gasteiger partial charge in [0.25, 0.3) is 15.9 Å². The van der Waals surface area contributed by atoms with Crippen molar-refractivity contribution in [3.05, 3.63) is 58.6 Å². The van der Waals surface area contributed by atoms with Crippen LogP contribution in [0.25, 0.3) is 0 Å². The van der Waals surface area contributed by atoms with Crippen molar-refractivity contribution in [3.8, 4) is 0 Å². The van der Waals surface area contributed by atoms with Gasteiger partial charge >= 0.3 is 0 Å². The number of rotatable bonds is 5. The topological polar surface area (TPSA) is 104 Å². The largest absolute Gasteiger partial charge is 0.326 e. The first-order valence-corrected chi connectivity index (χ1v) is 9.01. The van der Waals surface area contributed by atoms with Crippen LogP contribution in [0.15, 0.2) is 57.9 Å². The van der Waals surface area contributed by atoms with Gasteiger partial charge in [0, 0.05) is 17.1 Å². The van der Waals surface area contributed by atoms with Crippen LogP contribution in [-0.2, 0) is 14.8 Å². The molecular formula is C15H14BrN3O4S. The Morgan fingerprint density at radius 2 is 1.62 bits per heavy atom. The fraction of sp³-hybridized carbons (Fsp3) is 0.0667. The smallest absolute Gasteiger partial charge is 0.267 e. The molecule has 0 aromatic heterocycles. The minimum Gasteiger partial charge on any atom is -0.326 e. The third-order valence-corrected chi connectivity index (χ3v) is 4.86. The zero-order valence-electron chi connectivity index (χ0n) is 12.5. The molecule has 0 saturated carbocycles. The number of halogens is 1. The van der Waals surface area contributed by atoms with Crippen molar-refractivity contribution >= 4 is 43.5 Å². The van der Waals surface area contributed by atoms with Gasteiger partial charge in [0.15, 0.2) is 0 Å². The van der Waals surface area contributed by atoms with E-state index in [1.807, 2.05) is 4.83 Å². The molecule has 24 heavy (non-hydrogen) atoms. The lowest BCUT2D eigenvalue weighted by Crippen LogP contribution is -2.41. The van der Waals surface area contributed by atoms with Gasteiger partial charge in [-0.2, -0.15) is 0 Å². The van der Waals surface area contributed by atoms with E-state index in [0.717, 1.165) is 0 Å². The maximum Gasteiger partial charge on any atom is 0.267 e. The zero-order valence-corrected chi connectivity index (χ0v) is 14.9. The highest BCUT2D eigenvalue weighted by Crippen LogP contribution is 2.16. The maximum absolute atomic E-state index is 12.2. The Labute approximate surface area is 147 Å². The zero-order chi connectivity index (χ0) is 17.7. The van der Waals surface area contributed by atoms with Crippen LogP contribution in [-0.4, -0.2) is 20.2 Å². The Morgan fingerprint density at radius 3 is 2.21 bits per heavy atom. The van der Waals surface area contributed by atoms with Crippen molar-refractivity contribution in [1.82, 2.24) is 10.3 Å². The van der Waals surface area contributed by atoms with Crippen LogP contribution in [0, 0.1) is 0 Å². The summed E-state index contributed by atoms with van der Waals surface area (Å²) in [5, 5.41) is 2.53. The van der Waals surface area contributed by atoms with Crippen LogP contribution in [0.2, 0.25) is 0 Å². The van der Waals surface area contributed by atoms with Crippen molar-refractivity contribution in [1.29, 1.82) is 0 Å². The fourth-order valence-electron chi connectivity index (χ4n) is 1.81. The molecule has 2 rings (SSSR count). The van der Waals surface area contributed by atoms with Gasteiger partial charge in [-0.1, -0.05) is 12.1 Å². The third kappa shape index (κ3) is 4.63. The van der Waals surface area contributed by atoms with E-state index in [9.17, 15) is 18.0 Å². The van der Waals surface area contributed by atoms with E-state index in [2.05, 4.69) is 26.7 Å². The summed E-state index contributed by atoms with van der Waals surface area (Å²) in [5.41, 5.74) is 2.91. The van der Waals surface area contributed by atoms with Gasteiger partial charge in [-0.15, -0.1) is 4.83 Å². The van der Waals surface area contributed by atoms with Gasteiger partial charge in [0.1, 0.15) is 0 Å². The third-order valence-electron chi connectivity index (χ3n) is 2.90. The van der Waals surface area contributed by atoms with Gasteiger partial charge in [-0.3, -0.25) is 15.0 Å². The first-order valence-electron chi connectivity index (χ1n) is 6.74. The second kappa shape index (κ2) is 7.56. The van der Waals surface area contributed by atoms with Crippen LogP contribution in [0.3, 0.4) is 0 Å². The van der Waals surface area contributed by atoms with E-state index in [4.69, 9.17) is 0 Å². The highest BCUT2D eigenvalue weighted by Gasteiger charge is 2.16. The van der Waals surface area contributed by atoms with Gasteiger partial charge in [-0.05, 0) is 52.3 Å². The van der Waals surface area contributed by atoms with E-state index in [1.165, 1.54) is 31.2 Å². The van der Waals surface area contributed by atoms with Crippen molar-refractivity contribution < 1.29 is 18.0 Å². The molecule has 0 heterocycles. The Bertz CT molecular complexity index is 867. The van der Waals surface area contributed by atoms with Gasteiger partial charge in [0.05, 0.1) is 10.5 Å². The van der Waals surface area contributed by atoms with Crippen molar-refractivity contribution in [3.63, 3.8) is 0 Å². The normalized spacial score (nSPS) is 10.9. The lowest BCUT2D eigenvalue weighted by atomic mass is 10.2. The first-order chi connectivity index (χ1) is 11.3. The lowest BCUT2D eigenvalue weighted by Gasteiger charge is -2.10. The molecule has 0 saturated heterocycles. The molecule has 0 unspecified atom stereocenters. The molecule has 0 spiro atoms. The van der Waals surface area contributed by atoms with E-state index >= 15 is 0 Å². The molecule has 0 fully saturated rings. The summed E-state index contributed by atoms with van der Waals surface area (Å²) in [5.74, 6) is -0.856. The summed E-state index contributed by atoms with van der Waals surface area (Å²) in [6, 6.07) is 12.2. The summed E-state index contributed by atoms with van der Waals surface area (Å²) in [6.45, 7) is 1.35. The summed E-state index contributed by atoms with van der Waals surface area (Å²) in [7, 11) is -3.93. The summed E-state index contributed by atoms with van der Waals surface area (Å²) < 4.78 is 24.9. The predicted octanol–water partition coefficient (Wildman–Crippen LogP) is 2.03. The predicted molar refractivity (Wildman–Crippen MR) is 92.7 cm³/mol. The van der Waals surface area contributed by atoms with Crippen LogP contribution in [0.1, 0.15) is 17.3 Å². The van der Waals surface area contributed by atoms with Crippen molar-refractivity contribution in [2.24, 2.45) is 0 Å². The Morgan fingerprint density at radius 1 is 1.00 bits per heavy atom. The minimum absolute atomic E-state index is 0.0518. The molecule has 0 radical (unpaired) electrons. The molecule has 0 aliphatic rings. The Balaban J connectivity index is 2.07. The molecule has 2 aromatic carbocycles. The molecule has 0 aliphatic heterocycles. The molecule has 0 bridgehead atoms. The number of anilines is 1. The SMILES string of the molecule is CC(=O)Nc1ccc(S(=O)(=O)NNC(=O)c2ccccc2Br)cc1. The highest BCUT2D eigenvalue weighted by atomic mass is 79.9. The molecular weight excluding hydrogens is 398 g/mol. The summed E-state index contributed by atoms with van der Waals surface area (Å²) in [4.78, 5) is 24.9. The standard InChI is InChI=1S/C15H14BrN3O4S/c1-10(20)17-11-6-8-12(9-7-11)24(22,23)19-18-15(21)13-4-2-3-5-14(13)16/h2-9,19H,1H3,(H,17,20)(H,18,21). The van der Waals surface area contributed by atoms with Crippen LogP contribution in [0.4, 0.5) is 5.69 Å². The van der Waals surface area contributed by atoms with Crippen molar-refractivity contribution in [2.75, 3.05) is 5.32 Å². The first kappa shape index (κ1) is 18.1. The average molecular weight is 412 g/mol. The van der Waals surface area contributed by atoms with Crippen LogP contribution < -0.4 is 15.6 Å². The molecule has 2 aromatic rings. The fourth-order valence-corrected chi connectivity index (χ4v) is 3.11. The average Bonchev–Trinajstić information content (AvgIpc) is 2.53. The van der Waals surface area contributed by atoms with Gasteiger partial charge in [-0.25, -0.2) is 8.42 Å². The number of nitrogens with one attached hydrogen (secondary N) is 3. The van der Waals surface area contributed by atoms with Crippen LogP contribution in [0.5, 0.6) is 0 Å². The minimum atomic E-state index is -3.93. The number of carbonyl (C=O) groups excluding carboxylic acids is 2. The molecule has 0 atom stereocenters. The lowest BCUT2D eigenvalue weighted by molar-refractivity contribution is -0.114. The summed E-state index contributed by atoms with van der Waals surface area (Å²) >= 11 is 3.22. The van der Waals surface area contributed by atoms with Gasteiger partial charge < -0.3 is 5.32 Å². The highest BCUT2D eigenvalue weighted by molar-refractivity contribution is 9.10.